The smallest absolute Gasteiger partial charge is 0.179 e. The largest absolute Gasteiger partial charge is 0.492 e. The van der Waals surface area contributed by atoms with E-state index in [-0.39, 0.29) is 6.61 Å². The Hall–Kier alpha value is -0.930. The molecule has 0 aliphatic heterocycles. The minimum atomic E-state index is -0.400. The molecule has 0 aliphatic carbocycles. The van der Waals surface area contributed by atoms with E-state index in [1.165, 1.54) is 0 Å². The molecule has 0 fully saturated rings. The fourth-order valence-corrected chi connectivity index (χ4v) is 1.78. The quantitative estimate of drug-likeness (QED) is 0.885. The summed E-state index contributed by atoms with van der Waals surface area (Å²) in [7, 11) is 3.10. The number of hydrogen-bond acceptors (Lipinski definition) is 3. The van der Waals surface area contributed by atoms with Gasteiger partial charge in [0, 0.05) is 11.0 Å². The summed E-state index contributed by atoms with van der Waals surface area (Å²) in [5.41, 5.74) is 0.474. The second-order valence-electron chi connectivity index (χ2n) is 4.20. The van der Waals surface area contributed by atoms with Gasteiger partial charge in [0.05, 0.1) is 25.8 Å². The minimum absolute atomic E-state index is 0.0220. The monoisotopic (exact) mass is 244 g/mol. The van der Waals surface area contributed by atoms with Crippen LogP contribution in [0.5, 0.6) is 11.5 Å². The van der Waals surface area contributed by atoms with Gasteiger partial charge in [-0.3, -0.25) is 0 Å². The zero-order valence-electron chi connectivity index (χ0n) is 10.0. The first kappa shape index (κ1) is 13.1. The van der Waals surface area contributed by atoms with Gasteiger partial charge in [-0.1, -0.05) is 31.5 Å². The van der Waals surface area contributed by atoms with Gasteiger partial charge in [0.15, 0.2) is 11.5 Å². The van der Waals surface area contributed by atoms with Gasteiger partial charge in [0.25, 0.3) is 0 Å². The highest BCUT2D eigenvalue weighted by atomic mass is 35.5. The predicted octanol–water partition coefficient (Wildman–Crippen LogP) is 2.63. The van der Waals surface area contributed by atoms with Gasteiger partial charge in [-0.15, -0.1) is 0 Å². The van der Waals surface area contributed by atoms with E-state index in [2.05, 4.69) is 0 Å². The summed E-state index contributed by atoms with van der Waals surface area (Å²) in [4.78, 5) is 0. The molecule has 4 heteroatoms. The molecule has 1 rings (SSSR count). The molecule has 0 spiro atoms. The van der Waals surface area contributed by atoms with E-state index in [0.29, 0.717) is 16.5 Å². The average molecular weight is 245 g/mol. The lowest BCUT2D eigenvalue weighted by Crippen LogP contribution is -2.23. The fraction of sp³-hybridized carbons (Fsp3) is 0.500. The van der Waals surface area contributed by atoms with Crippen molar-refractivity contribution in [1.29, 1.82) is 0 Å². The van der Waals surface area contributed by atoms with E-state index >= 15 is 0 Å². The lowest BCUT2D eigenvalue weighted by molar-refractivity contribution is 0.213. The third kappa shape index (κ3) is 2.25. The third-order valence-electron chi connectivity index (χ3n) is 2.60. The molecule has 0 radical (unpaired) electrons. The van der Waals surface area contributed by atoms with Crippen LogP contribution < -0.4 is 9.47 Å². The van der Waals surface area contributed by atoms with Crippen molar-refractivity contribution in [1.82, 2.24) is 0 Å². The van der Waals surface area contributed by atoms with Crippen molar-refractivity contribution in [3.05, 3.63) is 22.7 Å². The van der Waals surface area contributed by atoms with Gasteiger partial charge in [0.1, 0.15) is 0 Å². The van der Waals surface area contributed by atoms with E-state index in [9.17, 15) is 5.11 Å². The summed E-state index contributed by atoms with van der Waals surface area (Å²) >= 11 is 6.01. The highest BCUT2D eigenvalue weighted by Gasteiger charge is 2.26. The van der Waals surface area contributed by atoms with E-state index in [1.54, 1.807) is 20.3 Å². The maximum atomic E-state index is 9.37. The fourth-order valence-electron chi connectivity index (χ4n) is 1.55. The Kier molecular flexibility index (Phi) is 4.05. The highest BCUT2D eigenvalue weighted by molar-refractivity contribution is 6.32. The number of methoxy groups -OCH3 is 2. The second-order valence-corrected chi connectivity index (χ2v) is 4.61. The number of aliphatic hydroxyl groups excluding tert-OH is 1. The lowest BCUT2D eigenvalue weighted by atomic mass is 9.85. The number of hydrogen-bond donors (Lipinski definition) is 1. The minimum Gasteiger partial charge on any atom is -0.492 e. The van der Waals surface area contributed by atoms with Crippen LogP contribution in [-0.2, 0) is 5.41 Å². The Bertz CT molecular complexity index is 375. The predicted molar refractivity (Wildman–Crippen MR) is 64.7 cm³/mol. The van der Waals surface area contributed by atoms with Gasteiger partial charge in [-0.05, 0) is 6.07 Å². The lowest BCUT2D eigenvalue weighted by Gasteiger charge is -2.26. The summed E-state index contributed by atoms with van der Waals surface area (Å²) in [5, 5.41) is 9.87. The number of aliphatic hydroxyl groups is 1. The molecule has 0 unspecified atom stereocenters. The Morgan fingerprint density at radius 1 is 1.19 bits per heavy atom. The molecule has 0 saturated heterocycles. The first-order valence-corrected chi connectivity index (χ1v) is 5.37. The number of rotatable bonds is 4. The van der Waals surface area contributed by atoms with Gasteiger partial charge in [0.2, 0.25) is 0 Å². The van der Waals surface area contributed by atoms with Crippen molar-refractivity contribution >= 4 is 11.6 Å². The number of halogens is 1. The highest BCUT2D eigenvalue weighted by Crippen LogP contribution is 2.42. The maximum absolute atomic E-state index is 9.37. The molecule has 1 N–H and O–H groups in total. The zero-order valence-corrected chi connectivity index (χ0v) is 10.8. The van der Waals surface area contributed by atoms with Crippen LogP contribution in [0.1, 0.15) is 19.4 Å². The van der Waals surface area contributed by atoms with Crippen molar-refractivity contribution < 1.29 is 14.6 Å². The molecule has 1 aromatic carbocycles. The summed E-state index contributed by atoms with van der Waals surface area (Å²) in [6, 6.07) is 3.59. The molecule has 0 aromatic heterocycles. The first-order chi connectivity index (χ1) is 7.47. The van der Waals surface area contributed by atoms with Gasteiger partial charge in [-0.25, -0.2) is 0 Å². The second kappa shape index (κ2) is 4.93. The summed E-state index contributed by atoms with van der Waals surface area (Å²) < 4.78 is 10.5. The molecule has 90 valence electrons. The van der Waals surface area contributed by atoms with Crippen LogP contribution in [0.3, 0.4) is 0 Å². The van der Waals surface area contributed by atoms with Crippen LogP contribution in [0.4, 0.5) is 0 Å². The molecule has 0 bridgehead atoms. The van der Waals surface area contributed by atoms with Crippen LogP contribution in [0.2, 0.25) is 5.02 Å². The van der Waals surface area contributed by atoms with Crippen molar-refractivity contribution in [3.63, 3.8) is 0 Å². The average Bonchev–Trinajstić information content (AvgIpc) is 2.28. The third-order valence-corrected chi connectivity index (χ3v) is 2.89. The Balaban J connectivity index is 3.41. The SMILES string of the molecule is COc1c(Cl)ccc(C(C)(C)CO)c1OC. The molecule has 0 heterocycles. The molecule has 0 amide bonds. The molecule has 1 aromatic rings. The topological polar surface area (TPSA) is 38.7 Å². The Labute approximate surface area is 101 Å². The summed E-state index contributed by atoms with van der Waals surface area (Å²) in [6.07, 6.45) is 0. The molecule has 3 nitrogen and oxygen atoms in total. The summed E-state index contributed by atoms with van der Waals surface area (Å²) in [5.74, 6) is 1.08. The van der Waals surface area contributed by atoms with Crippen molar-refractivity contribution in [2.45, 2.75) is 19.3 Å². The van der Waals surface area contributed by atoms with E-state index in [4.69, 9.17) is 21.1 Å². The Morgan fingerprint density at radius 3 is 2.19 bits per heavy atom. The van der Waals surface area contributed by atoms with Crippen LogP contribution in [0.15, 0.2) is 12.1 Å². The van der Waals surface area contributed by atoms with Crippen LogP contribution in [0, 0.1) is 0 Å². The summed E-state index contributed by atoms with van der Waals surface area (Å²) in [6.45, 7) is 3.88. The van der Waals surface area contributed by atoms with E-state index in [1.807, 2.05) is 19.9 Å². The molecule has 0 atom stereocenters. The molecular weight excluding hydrogens is 228 g/mol. The van der Waals surface area contributed by atoms with Crippen molar-refractivity contribution in [2.24, 2.45) is 0 Å². The normalized spacial score (nSPS) is 11.4. The van der Waals surface area contributed by atoms with Gasteiger partial charge in [-0.2, -0.15) is 0 Å². The van der Waals surface area contributed by atoms with Crippen LogP contribution in [-0.4, -0.2) is 25.9 Å². The molecule has 16 heavy (non-hydrogen) atoms. The zero-order chi connectivity index (χ0) is 12.3. The number of ether oxygens (including phenoxy) is 2. The first-order valence-electron chi connectivity index (χ1n) is 4.99. The number of benzene rings is 1. The van der Waals surface area contributed by atoms with E-state index in [0.717, 1.165) is 5.56 Å². The maximum Gasteiger partial charge on any atom is 0.179 e. The van der Waals surface area contributed by atoms with Crippen molar-refractivity contribution in [3.8, 4) is 11.5 Å². The molecular formula is C12H17ClO3. The Morgan fingerprint density at radius 2 is 1.75 bits per heavy atom. The van der Waals surface area contributed by atoms with Gasteiger partial charge >= 0.3 is 0 Å². The molecule has 0 saturated carbocycles. The van der Waals surface area contributed by atoms with E-state index < -0.39 is 5.41 Å². The van der Waals surface area contributed by atoms with Crippen LogP contribution >= 0.6 is 11.6 Å². The van der Waals surface area contributed by atoms with Crippen LogP contribution in [0.25, 0.3) is 0 Å². The standard InChI is InChI=1S/C12H17ClO3/c1-12(2,7-14)8-5-6-9(13)11(16-4)10(8)15-3/h5-6,14H,7H2,1-4H3. The molecule has 0 aliphatic rings. The van der Waals surface area contributed by atoms with Gasteiger partial charge < -0.3 is 14.6 Å². The van der Waals surface area contributed by atoms with Crippen molar-refractivity contribution in [2.75, 3.05) is 20.8 Å².